The van der Waals surface area contributed by atoms with E-state index in [-0.39, 0.29) is 11.4 Å². The van der Waals surface area contributed by atoms with E-state index in [0.29, 0.717) is 21.3 Å². The topological polar surface area (TPSA) is 86.8 Å². The van der Waals surface area contributed by atoms with Gasteiger partial charge in [-0.05, 0) is 89.1 Å². The maximum absolute atomic E-state index is 14.1. The molecular formula is C30H35Cl2N3O4S. The first-order chi connectivity index (χ1) is 18.6. The molecule has 0 spiro atoms. The number of nitrogens with one attached hydrogen (secondary N) is 1. The van der Waals surface area contributed by atoms with Gasteiger partial charge in [-0.1, -0.05) is 53.5 Å². The number of aryl methyl sites for hydroxylation is 2. The highest BCUT2D eigenvalue weighted by molar-refractivity contribution is 7.92. The van der Waals surface area contributed by atoms with Crippen molar-refractivity contribution < 1.29 is 18.0 Å². The van der Waals surface area contributed by atoms with Crippen molar-refractivity contribution >= 4 is 50.7 Å². The SMILES string of the molecule is Cc1cc(C)cc(N(CC(=O)N(Cc2c(Cl)cccc2Cl)C(C)C(=O)NC(C)(C)C)S(=O)(=O)c2ccccc2)c1. The Kier molecular flexibility index (Phi) is 9.93. The number of rotatable bonds is 9. The Morgan fingerprint density at radius 1 is 0.900 bits per heavy atom. The van der Waals surface area contributed by atoms with Gasteiger partial charge in [0.2, 0.25) is 11.8 Å². The van der Waals surface area contributed by atoms with Crippen molar-refractivity contribution in [2.75, 3.05) is 10.8 Å². The standard InChI is InChI=1S/C30H35Cl2N3O4S/c1-20-15-21(2)17-23(16-20)35(40(38,39)24-11-8-7-9-12-24)19-28(36)34(22(3)29(37)33-30(4,5)6)18-25-26(31)13-10-14-27(25)32/h7-17,22H,18-19H2,1-6H3,(H,33,37). The Balaban J connectivity index is 2.10. The van der Waals surface area contributed by atoms with Crippen molar-refractivity contribution in [1.82, 2.24) is 10.2 Å². The van der Waals surface area contributed by atoms with Crippen LogP contribution < -0.4 is 9.62 Å². The quantitative estimate of drug-likeness (QED) is 0.318. The van der Waals surface area contributed by atoms with Gasteiger partial charge in [-0.25, -0.2) is 8.42 Å². The van der Waals surface area contributed by atoms with Gasteiger partial charge in [-0.2, -0.15) is 0 Å². The summed E-state index contributed by atoms with van der Waals surface area (Å²) in [6.07, 6.45) is 0. The zero-order valence-electron chi connectivity index (χ0n) is 23.5. The summed E-state index contributed by atoms with van der Waals surface area (Å²) in [7, 11) is -4.15. The van der Waals surface area contributed by atoms with E-state index in [1.165, 1.54) is 17.0 Å². The zero-order chi connectivity index (χ0) is 29.8. The second kappa shape index (κ2) is 12.6. The Bertz CT molecular complexity index is 1450. The van der Waals surface area contributed by atoms with Crippen molar-refractivity contribution in [3.63, 3.8) is 0 Å². The molecule has 0 aliphatic heterocycles. The number of benzene rings is 3. The van der Waals surface area contributed by atoms with E-state index in [9.17, 15) is 18.0 Å². The van der Waals surface area contributed by atoms with Gasteiger partial charge in [0.1, 0.15) is 12.6 Å². The van der Waals surface area contributed by atoms with Crippen LogP contribution in [0.25, 0.3) is 0 Å². The molecule has 0 radical (unpaired) electrons. The molecule has 0 saturated carbocycles. The number of hydrogen-bond donors (Lipinski definition) is 1. The highest BCUT2D eigenvalue weighted by Crippen LogP contribution is 2.29. The molecule has 0 heterocycles. The van der Waals surface area contributed by atoms with Crippen LogP contribution in [0.2, 0.25) is 10.0 Å². The summed E-state index contributed by atoms with van der Waals surface area (Å²) in [5, 5.41) is 3.56. The molecule has 2 amide bonds. The summed E-state index contributed by atoms with van der Waals surface area (Å²) in [6.45, 7) is 10.2. The molecule has 40 heavy (non-hydrogen) atoms. The molecule has 0 aromatic heterocycles. The lowest BCUT2D eigenvalue weighted by atomic mass is 10.1. The molecule has 214 valence electrons. The lowest BCUT2D eigenvalue weighted by Gasteiger charge is -2.34. The monoisotopic (exact) mass is 603 g/mol. The molecule has 7 nitrogen and oxygen atoms in total. The maximum atomic E-state index is 14.1. The third-order valence-corrected chi connectivity index (χ3v) is 8.66. The number of halogens is 2. The minimum Gasteiger partial charge on any atom is -0.350 e. The fourth-order valence-electron chi connectivity index (χ4n) is 4.25. The maximum Gasteiger partial charge on any atom is 0.264 e. The first kappa shape index (κ1) is 31.5. The molecule has 0 aliphatic carbocycles. The van der Waals surface area contributed by atoms with E-state index in [2.05, 4.69) is 5.32 Å². The van der Waals surface area contributed by atoms with Gasteiger partial charge in [0, 0.05) is 27.7 Å². The van der Waals surface area contributed by atoms with Gasteiger partial charge in [-0.15, -0.1) is 0 Å². The van der Waals surface area contributed by atoms with E-state index >= 15 is 0 Å². The highest BCUT2D eigenvalue weighted by atomic mass is 35.5. The average Bonchev–Trinajstić information content (AvgIpc) is 2.85. The fraction of sp³-hybridized carbons (Fsp3) is 0.333. The van der Waals surface area contributed by atoms with E-state index in [1.54, 1.807) is 55.5 Å². The fourth-order valence-corrected chi connectivity index (χ4v) is 6.19. The lowest BCUT2D eigenvalue weighted by Crippen LogP contribution is -2.54. The molecule has 0 saturated heterocycles. The van der Waals surface area contributed by atoms with Crippen LogP contribution in [0.5, 0.6) is 0 Å². The summed E-state index contributed by atoms with van der Waals surface area (Å²) in [6, 6.07) is 17.3. The summed E-state index contributed by atoms with van der Waals surface area (Å²) < 4.78 is 28.9. The van der Waals surface area contributed by atoms with Gasteiger partial charge in [0.05, 0.1) is 10.6 Å². The Labute approximate surface area is 247 Å². The molecule has 10 heteroatoms. The third kappa shape index (κ3) is 7.77. The van der Waals surface area contributed by atoms with E-state index in [1.807, 2.05) is 40.7 Å². The van der Waals surface area contributed by atoms with E-state index in [0.717, 1.165) is 15.4 Å². The molecule has 0 fully saturated rings. The lowest BCUT2D eigenvalue weighted by molar-refractivity contribution is -0.140. The van der Waals surface area contributed by atoms with Crippen LogP contribution in [0.3, 0.4) is 0 Å². The molecule has 0 aliphatic rings. The number of carbonyl (C=O) groups excluding carboxylic acids is 2. The van der Waals surface area contributed by atoms with Crippen molar-refractivity contribution in [2.24, 2.45) is 0 Å². The van der Waals surface area contributed by atoms with Gasteiger partial charge in [0.25, 0.3) is 10.0 Å². The van der Waals surface area contributed by atoms with Crippen molar-refractivity contribution in [3.05, 3.63) is 93.5 Å². The van der Waals surface area contributed by atoms with E-state index < -0.39 is 40.0 Å². The first-order valence-electron chi connectivity index (χ1n) is 12.8. The van der Waals surface area contributed by atoms with Crippen molar-refractivity contribution in [1.29, 1.82) is 0 Å². The molecule has 0 bridgehead atoms. The third-order valence-electron chi connectivity index (χ3n) is 6.16. The average molecular weight is 605 g/mol. The minimum absolute atomic E-state index is 0.0428. The Hall–Kier alpha value is -3.07. The number of sulfonamides is 1. The highest BCUT2D eigenvalue weighted by Gasteiger charge is 2.34. The van der Waals surface area contributed by atoms with Crippen molar-refractivity contribution in [2.45, 2.75) is 64.6 Å². The first-order valence-corrected chi connectivity index (χ1v) is 15.0. The van der Waals surface area contributed by atoms with E-state index in [4.69, 9.17) is 23.2 Å². The molecular weight excluding hydrogens is 569 g/mol. The summed E-state index contributed by atoms with van der Waals surface area (Å²) in [5.41, 5.74) is 1.93. The number of amides is 2. The van der Waals surface area contributed by atoms with Crippen molar-refractivity contribution in [3.8, 4) is 0 Å². The van der Waals surface area contributed by atoms with Crippen LogP contribution in [-0.2, 0) is 26.2 Å². The molecule has 3 aromatic rings. The Morgan fingerprint density at radius 3 is 1.98 bits per heavy atom. The summed E-state index contributed by atoms with van der Waals surface area (Å²) in [4.78, 5) is 28.6. The zero-order valence-corrected chi connectivity index (χ0v) is 25.9. The molecule has 1 atom stereocenters. The minimum atomic E-state index is -4.15. The van der Waals surface area contributed by atoms with Crippen LogP contribution in [0.1, 0.15) is 44.4 Å². The van der Waals surface area contributed by atoms with Crippen LogP contribution in [-0.4, -0.2) is 43.3 Å². The van der Waals surface area contributed by atoms with Gasteiger partial charge in [-0.3, -0.25) is 13.9 Å². The predicted octanol–water partition coefficient (Wildman–Crippen LogP) is 6.14. The van der Waals surface area contributed by atoms with Gasteiger partial charge in [0.15, 0.2) is 0 Å². The van der Waals surface area contributed by atoms with Crippen LogP contribution >= 0.6 is 23.2 Å². The summed E-state index contributed by atoms with van der Waals surface area (Å²) in [5.74, 6) is -0.987. The molecule has 3 aromatic carbocycles. The molecule has 3 rings (SSSR count). The normalized spacial score (nSPS) is 12.5. The largest absolute Gasteiger partial charge is 0.350 e. The number of carbonyl (C=O) groups is 2. The smallest absolute Gasteiger partial charge is 0.264 e. The molecule has 1 unspecified atom stereocenters. The predicted molar refractivity (Wildman–Crippen MR) is 161 cm³/mol. The van der Waals surface area contributed by atoms with Gasteiger partial charge >= 0.3 is 0 Å². The molecule has 1 N–H and O–H groups in total. The van der Waals surface area contributed by atoms with Crippen LogP contribution in [0.15, 0.2) is 71.6 Å². The second-order valence-corrected chi connectivity index (χ2v) is 13.5. The number of anilines is 1. The second-order valence-electron chi connectivity index (χ2n) is 10.8. The van der Waals surface area contributed by atoms with Crippen LogP contribution in [0.4, 0.5) is 5.69 Å². The Morgan fingerprint density at radius 2 is 1.45 bits per heavy atom. The number of hydrogen-bond acceptors (Lipinski definition) is 4. The number of nitrogens with zero attached hydrogens (tertiary/aromatic N) is 2. The summed E-state index contributed by atoms with van der Waals surface area (Å²) >= 11 is 12.9. The van der Waals surface area contributed by atoms with Gasteiger partial charge < -0.3 is 10.2 Å². The van der Waals surface area contributed by atoms with Crippen LogP contribution in [0, 0.1) is 13.8 Å².